The van der Waals surface area contributed by atoms with Crippen molar-refractivity contribution in [2.45, 2.75) is 39.7 Å². The first kappa shape index (κ1) is 20.2. The maximum Gasteiger partial charge on any atom is 0.191 e. The lowest BCUT2D eigenvalue weighted by atomic mass is 9.87. The Morgan fingerprint density at radius 1 is 1.00 bits per heavy atom. The summed E-state index contributed by atoms with van der Waals surface area (Å²) in [4.78, 5) is 15.5. The maximum absolute atomic E-state index is 12.2. The fourth-order valence-corrected chi connectivity index (χ4v) is 3.23. The summed E-state index contributed by atoms with van der Waals surface area (Å²) in [7, 11) is 0. The number of fused-ring (bicyclic) bond motifs is 1. The molecule has 3 aromatic rings. The van der Waals surface area contributed by atoms with Gasteiger partial charge in [0.15, 0.2) is 5.43 Å². The molecule has 0 aliphatic carbocycles. The molecule has 1 aromatic heterocycles. The number of anilines is 1. The molecule has 0 aliphatic rings. The van der Waals surface area contributed by atoms with Gasteiger partial charge in [-0.05, 0) is 41.1 Å². The van der Waals surface area contributed by atoms with Crippen molar-refractivity contribution in [2.75, 3.05) is 18.4 Å². The molecule has 148 valence electrons. The van der Waals surface area contributed by atoms with Gasteiger partial charge in [-0.15, -0.1) is 0 Å². The van der Waals surface area contributed by atoms with Crippen LogP contribution in [0.1, 0.15) is 38.8 Å². The van der Waals surface area contributed by atoms with Crippen LogP contribution in [0, 0.1) is 5.92 Å². The van der Waals surface area contributed by atoms with Crippen LogP contribution in [0.4, 0.5) is 5.82 Å². The van der Waals surface area contributed by atoms with Crippen molar-refractivity contribution in [1.29, 1.82) is 0 Å². The van der Waals surface area contributed by atoms with Crippen LogP contribution >= 0.6 is 0 Å². The van der Waals surface area contributed by atoms with Gasteiger partial charge in [0.05, 0.1) is 5.52 Å². The van der Waals surface area contributed by atoms with Crippen molar-refractivity contribution in [3.63, 3.8) is 0 Å². The molecule has 0 saturated carbocycles. The molecule has 0 bridgehead atoms. The number of hydrogen-bond donors (Lipinski definition) is 3. The Morgan fingerprint density at radius 3 is 2.43 bits per heavy atom. The van der Waals surface area contributed by atoms with Crippen LogP contribution in [0.5, 0.6) is 0 Å². The summed E-state index contributed by atoms with van der Waals surface area (Å²) in [5, 5.41) is 7.60. The van der Waals surface area contributed by atoms with Crippen molar-refractivity contribution >= 4 is 16.7 Å². The molecule has 4 heteroatoms. The van der Waals surface area contributed by atoms with Gasteiger partial charge in [-0.2, -0.15) is 0 Å². The largest absolute Gasteiger partial charge is 0.371 e. The van der Waals surface area contributed by atoms with Gasteiger partial charge in [0.1, 0.15) is 5.82 Å². The fraction of sp³-hybridized carbons (Fsp3) is 0.375. The normalized spacial score (nSPS) is 12.9. The second-order valence-electron chi connectivity index (χ2n) is 8.66. The Labute approximate surface area is 167 Å². The van der Waals surface area contributed by atoms with E-state index in [1.807, 2.05) is 24.3 Å². The van der Waals surface area contributed by atoms with Crippen molar-refractivity contribution in [1.82, 2.24) is 10.3 Å². The van der Waals surface area contributed by atoms with Crippen molar-refractivity contribution < 1.29 is 0 Å². The Bertz CT molecular complexity index is 968. The average molecular weight is 378 g/mol. The number of para-hydroxylation sites is 1. The molecular weight excluding hydrogens is 346 g/mol. The summed E-state index contributed by atoms with van der Waals surface area (Å²) in [6.45, 7) is 11.5. The van der Waals surface area contributed by atoms with E-state index in [-0.39, 0.29) is 10.8 Å². The lowest BCUT2D eigenvalue weighted by molar-refractivity contribution is 0.532. The Kier molecular flexibility index (Phi) is 6.20. The standard InChI is InChI=1S/C24H31N3O/c1-17(14-25-16-18-9-11-19(12-10-18)24(2,3)4)15-26-23-13-22(28)20-7-5-6-8-21(20)27-23/h5-13,17,25H,14-16H2,1-4H3,(H2,26,27,28). The van der Waals surface area contributed by atoms with Gasteiger partial charge in [0.2, 0.25) is 0 Å². The second-order valence-corrected chi connectivity index (χ2v) is 8.66. The monoisotopic (exact) mass is 377 g/mol. The number of rotatable bonds is 7. The van der Waals surface area contributed by atoms with Crippen LogP contribution < -0.4 is 16.1 Å². The number of nitrogens with one attached hydrogen (secondary N) is 3. The number of H-pyrrole nitrogens is 1. The highest BCUT2D eigenvalue weighted by molar-refractivity contribution is 5.79. The van der Waals surface area contributed by atoms with Crippen LogP contribution in [-0.2, 0) is 12.0 Å². The van der Waals surface area contributed by atoms with E-state index < -0.39 is 0 Å². The molecule has 3 N–H and O–H groups in total. The zero-order valence-corrected chi connectivity index (χ0v) is 17.3. The van der Waals surface area contributed by atoms with E-state index in [9.17, 15) is 4.79 Å². The second kappa shape index (κ2) is 8.61. The zero-order valence-electron chi connectivity index (χ0n) is 17.3. The highest BCUT2D eigenvalue weighted by Gasteiger charge is 2.12. The van der Waals surface area contributed by atoms with Crippen molar-refractivity contribution in [2.24, 2.45) is 5.92 Å². The van der Waals surface area contributed by atoms with Gasteiger partial charge in [-0.1, -0.05) is 64.1 Å². The third-order valence-corrected chi connectivity index (χ3v) is 5.02. The SMILES string of the molecule is CC(CNCc1ccc(C(C)(C)C)cc1)CNc1cc(=O)c2ccccc2[nH]1. The van der Waals surface area contributed by atoms with Gasteiger partial charge < -0.3 is 15.6 Å². The Balaban J connectivity index is 1.47. The van der Waals surface area contributed by atoms with Crippen LogP contribution in [0.15, 0.2) is 59.4 Å². The summed E-state index contributed by atoms with van der Waals surface area (Å²) in [5.74, 6) is 1.21. The van der Waals surface area contributed by atoms with E-state index >= 15 is 0 Å². The highest BCUT2D eigenvalue weighted by Crippen LogP contribution is 2.22. The Hall–Kier alpha value is -2.59. The third kappa shape index (κ3) is 5.23. The summed E-state index contributed by atoms with van der Waals surface area (Å²) < 4.78 is 0. The third-order valence-electron chi connectivity index (χ3n) is 5.02. The number of aromatic amines is 1. The van der Waals surface area contributed by atoms with E-state index in [0.717, 1.165) is 36.4 Å². The Morgan fingerprint density at radius 2 is 1.71 bits per heavy atom. The molecule has 0 amide bonds. The predicted octanol–water partition coefficient (Wildman–Crippen LogP) is 4.66. The van der Waals surface area contributed by atoms with E-state index in [1.54, 1.807) is 6.07 Å². The van der Waals surface area contributed by atoms with Gasteiger partial charge in [-0.3, -0.25) is 4.79 Å². The highest BCUT2D eigenvalue weighted by atomic mass is 16.1. The van der Waals surface area contributed by atoms with Crippen molar-refractivity contribution in [3.05, 3.63) is 75.9 Å². The van der Waals surface area contributed by atoms with E-state index in [1.165, 1.54) is 11.1 Å². The molecular formula is C24H31N3O. The molecule has 1 heterocycles. The quantitative estimate of drug-likeness (QED) is 0.561. The van der Waals surface area contributed by atoms with Gasteiger partial charge in [0.25, 0.3) is 0 Å². The molecule has 0 aliphatic heterocycles. The van der Waals surface area contributed by atoms with Crippen LogP contribution in [-0.4, -0.2) is 18.1 Å². The minimum atomic E-state index is 0.0429. The van der Waals surface area contributed by atoms with Crippen LogP contribution in [0.3, 0.4) is 0 Å². The van der Waals surface area contributed by atoms with E-state index in [2.05, 4.69) is 67.6 Å². The predicted molar refractivity (Wildman–Crippen MR) is 119 cm³/mol. The molecule has 0 fully saturated rings. The first-order chi connectivity index (χ1) is 13.3. The lowest BCUT2D eigenvalue weighted by Gasteiger charge is -2.19. The topological polar surface area (TPSA) is 56.9 Å². The van der Waals surface area contributed by atoms with Gasteiger partial charge in [-0.25, -0.2) is 0 Å². The molecule has 2 aromatic carbocycles. The van der Waals surface area contributed by atoms with Crippen LogP contribution in [0.25, 0.3) is 10.9 Å². The average Bonchev–Trinajstić information content (AvgIpc) is 2.66. The van der Waals surface area contributed by atoms with Gasteiger partial charge >= 0.3 is 0 Å². The number of pyridine rings is 1. The fourth-order valence-electron chi connectivity index (χ4n) is 3.23. The smallest absolute Gasteiger partial charge is 0.191 e. The number of benzene rings is 2. The number of hydrogen-bond acceptors (Lipinski definition) is 3. The first-order valence-corrected chi connectivity index (χ1v) is 9.99. The molecule has 28 heavy (non-hydrogen) atoms. The molecule has 1 atom stereocenters. The summed E-state index contributed by atoms with van der Waals surface area (Å²) in [6.07, 6.45) is 0. The molecule has 0 spiro atoms. The molecule has 4 nitrogen and oxygen atoms in total. The summed E-state index contributed by atoms with van der Waals surface area (Å²) in [5.41, 5.74) is 3.75. The maximum atomic E-state index is 12.2. The van der Waals surface area contributed by atoms with Gasteiger partial charge in [0, 0.05) is 24.5 Å². The minimum Gasteiger partial charge on any atom is -0.371 e. The summed E-state index contributed by atoms with van der Waals surface area (Å²) >= 11 is 0. The zero-order chi connectivity index (χ0) is 20.1. The van der Waals surface area contributed by atoms with Crippen molar-refractivity contribution in [3.8, 4) is 0 Å². The lowest BCUT2D eigenvalue weighted by Crippen LogP contribution is -2.26. The molecule has 0 saturated heterocycles. The van der Waals surface area contributed by atoms with E-state index in [0.29, 0.717) is 5.92 Å². The van der Waals surface area contributed by atoms with E-state index in [4.69, 9.17) is 0 Å². The number of aromatic nitrogens is 1. The minimum absolute atomic E-state index is 0.0429. The van der Waals surface area contributed by atoms with Crippen LogP contribution in [0.2, 0.25) is 0 Å². The summed E-state index contributed by atoms with van der Waals surface area (Å²) in [6, 6.07) is 18.1. The first-order valence-electron chi connectivity index (χ1n) is 9.99. The molecule has 1 unspecified atom stereocenters. The molecule has 0 radical (unpaired) electrons. The molecule has 3 rings (SSSR count).